The summed E-state index contributed by atoms with van der Waals surface area (Å²) in [7, 11) is 0. The van der Waals surface area contributed by atoms with E-state index in [-0.39, 0.29) is 6.17 Å². The summed E-state index contributed by atoms with van der Waals surface area (Å²) in [6.07, 6.45) is 8.00. The third-order valence-electron chi connectivity index (χ3n) is 2.89. The van der Waals surface area contributed by atoms with E-state index in [0.29, 0.717) is 0 Å². The van der Waals surface area contributed by atoms with E-state index in [9.17, 15) is 0 Å². The number of nitrogens with zero attached hydrogens (tertiary/aromatic N) is 2. The van der Waals surface area contributed by atoms with Crippen molar-refractivity contribution in [2.24, 2.45) is 4.99 Å². The summed E-state index contributed by atoms with van der Waals surface area (Å²) in [5, 5.41) is 1.23. The molecule has 1 aliphatic heterocycles. The van der Waals surface area contributed by atoms with Crippen LogP contribution < -0.4 is 4.90 Å². The van der Waals surface area contributed by atoms with Gasteiger partial charge in [0, 0.05) is 29.5 Å². The molecule has 2 aromatic rings. The summed E-state index contributed by atoms with van der Waals surface area (Å²) in [4.78, 5) is 9.78. The monoisotopic (exact) mass is 211 g/mol. The summed E-state index contributed by atoms with van der Waals surface area (Å²) >= 11 is 0. The Morgan fingerprint density at radius 1 is 1.31 bits per heavy atom. The van der Waals surface area contributed by atoms with Gasteiger partial charge >= 0.3 is 0 Å². The van der Waals surface area contributed by atoms with Gasteiger partial charge < -0.3 is 9.88 Å². The molecule has 3 nitrogen and oxygen atoms in total. The first-order chi connectivity index (χ1) is 7.86. The predicted octanol–water partition coefficient (Wildman–Crippen LogP) is 2.92. The molecule has 0 amide bonds. The van der Waals surface area contributed by atoms with Crippen LogP contribution in [0.1, 0.15) is 6.92 Å². The molecule has 80 valence electrons. The zero-order valence-electron chi connectivity index (χ0n) is 9.09. The number of nitrogens with one attached hydrogen (secondary N) is 1. The summed E-state index contributed by atoms with van der Waals surface area (Å²) < 4.78 is 0. The fourth-order valence-corrected chi connectivity index (χ4v) is 2.08. The van der Waals surface area contributed by atoms with E-state index in [1.165, 1.54) is 11.1 Å². The van der Waals surface area contributed by atoms with Crippen LogP contribution in [0.4, 0.5) is 5.69 Å². The molecule has 0 fully saturated rings. The lowest BCUT2D eigenvalue weighted by Crippen LogP contribution is -2.28. The first kappa shape index (κ1) is 9.21. The van der Waals surface area contributed by atoms with Crippen LogP contribution in [-0.4, -0.2) is 17.4 Å². The number of aromatic amines is 1. The summed E-state index contributed by atoms with van der Waals surface area (Å²) in [6.45, 7) is 2.09. The zero-order chi connectivity index (χ0) is 11.0. The summed E-state index contributed by atoms with van der Waals surface area (Å²) in [6, 6.07) is 8.37. The highest BCUT2D eigenvalue weighted by atomic mass is 15.2. The number of anilines is 1. The van der Waals surface area contributed by atoms with Crippen LogP contribution in [0.25, 0.3) is 10.9 Å². The van der Waals surface area contributed by atoms with E-state index in [1.807, 2.05) is 18.5 Å². The van der Waals surface area contributed by atoms with Crippen molar-refractivity contribution in [2.75, 3.05) is 4.90 Å². The highest BCUT2D eigenvalue weighted by Crippen LogP contribution is 2.28. The molecule has 3 rings (SSSR count). The molecular formula is C13H13N3. The van der Waals surface area contributed by atoms with Gasteiger partial charge in [0.2, 0.25) is 0 Å². The van der Waals surface area contributed by atoms with Gasteiger partial charge in [0.15, 0.2) is 0 Å². The molecule has 3 heteroatoms. The number of aromatic nitrogens is 1. The molecule has 0 aliphatic carbocycles. The van der Waals surface area contributed by atoms with Crippen molar-refractivity contribution in [1.29, 1.82) is 0 Å². The van der Waals surface area contributed by atoms with E-state index in [1.54, 1.807) is 0 Å². The highest BCUT2D eigenvalue weighted by molar-refractivity contribution is 5.93. The molecule has 0 spiro atoms. The molecular weight excluding hydrogens is 198 g/mol. The predicted molar refractivity (Wildman–Crippen MR) is 67.9 cm³/mol. The molecule has 16 heavy (non-hydrogen) atoms. The first-order valence-corrected chi connectivity index (χ1v) is 5.41. The van der Waals surface area contributed by atoms with E-state index in [0.717, 1.165) is 5.52 Å². The Balaban J connectivity index is 2.15. The summed E-state index contributed by atoms with van der Waals surface area (Å²) in [5.41, 5.74) is 2.35. The molecule has 1 unspecified atom stereocenters. The number of rotatable bonds is 1. The standard InChI is InChI=1S/C13H13N3/c1-10-14-7-3-9-16(10)13-5-2-4-12-11(13)6-8-15-12/h2-10,15H,1H3. The Morgan fingerprint density at radius 2 is 2.25 bits per heavy atom. The van der Waals surface area contributed by atoms with Gasteiger partial charge in [0.1, 0.15) is 6.17 Å². The molecule has 0 radical (unpaired) electrons. The average Bonchev–Trinajstić information content (AvgIpc) is 2.77. The van der Waals surface area contributed by atoms with Crippen molar-refractivity contribution in [3.8, 4) is 0 Å². The van der Waals surface area contributed by atoms with Crippen LogP contribution >= 0.6 is 0 Å². The number of benzene rings is 1. The minimum atomic E-state index is 0.158. The smallest absolute Gasteiger partial charge is 0.122 e. The van der Waals surface area contributed by atoms with Crippen LogP contribution in [0.2, 0.25) is 0 Å². The van der Waals surface area contributed by atoms with Crippen LogP contribution in [0, 0.1) is 0 Å². The second kappa shape index (κ2) is 3.52. The van der Waals surface area contributed by atoms with Crippen LogP contribution in [-0.2, 0) is 0 Å². The number of allylic oxidation sites excluding steroid dienone is 1. The lowest BCUT2D eigenvalue weighted by Gasteiger charge is -2.27. The van der Waals surface area contributed by atoms with E-state index < -0.39 is 0 Å². The quantitative estimate of drug-likeness (QED) is 0.772. The van der Waals surface area contributed by atoms with Crippen LogP contribution in [0.15, 0.2) is 47.7 Å². The Kier molecular flexibility index (Phi) is 2.03. The lowest BCUT2D eigenvalue weighted by atomic mass is 10.2. The number of aliphatic imine (C=N–C) groups is 1. The molecule has 1 atom stereocenters. The Hall–Kier alpha value is -2.03. The molecule has 1 aromatic heterocycles. The Labute approximate surface area is 94.1 Å². The molecule has 1 aromatic carbocycles. The van der Waals surface area contributed by atoms with E-state index in [2.05, 4.69) is 52.3 Å². The Bertz CT molecular complexity index is 565. The van der Waals surface area contributed by atoms with Crippen molar-refractivity contribution < 1.29 is 0 Å². The number of hydrogen-bond acceptors (Lipinski definition) is 2. The van der Waals surface area contributed by atoms with Gasteiger partial charge in [-0.2, -0.15) is 0 Å². The normalized spacial score (nSPS) is 19.6. The van der Waals surface area contributed by atoms with Gasteiger partial charge in [0.05, 0.1) is 5.69 Å². The molecule has 0 saturated carbocycles. The Morgan fingerprint density at radius 3 is 3.12 bits per heavy atom. The first-order valence-electron chi connectivity index (χ1n) is 5.41. The topological polar surface area (TPSA) is 31.4 Å². The minimum Gasteiger partial charge on any atom is -0.361 e. The third kappa shape index (κ3) is 1.33. The minimum absolute atomic E-state index is 0.158. The van der Waals surface area contributed by atoms with Crippen molar-refractivity contribution >= 4 is 22.8 Å². The van der Waals surface area contributed by atoms with Crippen LogP contribution in [0.5, 0.6) is 0 Å². The molecule has 1 N–H and O–H groups in total. The zero-order valence-corrected chi connectivity index (χ0v) is 9.09. The summed E-state index contributed by atoms with van der Waals surface area (Å²) in [5.74, 6) is 0. The second-order valence-corrected chi connectivity index (χ2v) is 3.89. The maximum Gasteiger partial charge on any atom is 0.122 e. The van der Waals surface area contributed by atoms with E-state index in [4.69, 9.17) is 0 Å². The number of H-pyrrole nitrogens is 1. The van der Waals surface area contributed by atoms with Gasteiger partial charge in [-0.3, -0.25) is 4.99 Å². The number of fused-ring (bicyclic) bond motifs is 1. The number of hydrogen-bond donors (Lipinski definition) is 1. The molecule has 2 heterocycles. The van der Waals surface area contributed by atoms with E-state index >= 15 is 0 Å². The van der Waals surface area contributed by atoms with Crippen molar-refractivity contribution in [3.05, 3.63) is 42.7 Å². The van der Waals surface area contributed by atoms with Crippen LogP contribution in [0.3, 0.4) is 0 Å². The highest BCUT2D eigenvalue weighted by Gasteiger charge is 2.14. The second-order valence-electron chi connectivity index (χ2n) is 3.89. The van der Waals surface area contributed by atoms with Crippen molar-refractivity contribution in [3.63, 3.8) is 0 Å². The maximum absolute atomic E-state index is 4.38. The lowest BCUT2D eigenvalue weighted by molar-refractivity contribution is 0.748. The van der Waals surface area contributed by atoms with Gasteiger partial charge in [-0.1, -0.05) is 6.07 Å². The largest absolute Gasteiger partial charge is 0.361 e. The van der Waals surface area contributed by atoms with Gasteiger partial charge in [-0.25, -0.2) is 0 Å². The molecule has 1 aliphatic rings. The third-order valence-corrected chi connectivity index (χ3v) is 2.89. The molecule has 0 bridgehead atoms. The fourth-order valence-electron chi connectivity index (χ4n) is 2.08. The molecule has 0 saturated heterocycles. The average molecular weight is 211 g/mol. The van der Waals surface area contributed by atoms with Crippen molar-refractivity contribution in [1.82, 2.24) is 4.98 Å². The van der Waals surface area contributed by atoms with Gasteiger partial charge in [-0.05, 0) is 31.2 Å². The SMILES string of the molecule is CC1N=CC=CN1c1cccc2[nH]ccc12. The fraction of sp³-hybridized carbons (Fsp3) is 0.154. The van der Waals surface area contributed by atoms with Gasteiger partial charge in [0.25, 0.3) is 0 Å². The maximum atomic E-state index is 4.38. The van der Waals surface area contributed by atoms with Crippen molar-refractivity contribution in [2.45, 2.75) is 13.1 Å². The van der Waals surface area contributed by atoms with Gasteiger partial charge in [-0.15, -0.1) is 0 Å².